The van der Waals surface area contributed by atoms with Crippen LogP contribution in [0.1, 0.15) is 41.4 Å². The Morgan fingerprint density at radius 2 is 2.24 bits per heavy atom. The van der Waals surface area contributed by atoms with Gasteiger partial charge < -0.3 is 4.74 Å². The number of hydrogen-bond donors (Lipinski definition) is 1. The number of nitrogens with zero attached hydrogens (tertiary/aromatic N) is 3. The summed E-state index contributed by atoms with van der Waals surface area (Å²) < 4.78 is 5.67. The number of H-pyrrole nitrogens is 1. The maximum atomic E-state index is 12.4. The average molecular weight is 305 g/mol. The molecule has 0 bridgehead atoms. The standard InChI is InChI=1S/C14H13ClN4O2/c15-11-5-7(1-4-12(11)21-8-2-3-8)13(20)9-6-10(9)14-16-18-19-17-14/h1,4-5,8-10H,2-3,6H2,(H,16,17,18,19). The Bertz CT molecular complexity index is 684. The molecule has 1 aromatic heterocycles. The molecule has 1 N–H and O–H groups in total. The molecule has 0 radical (unpaired) electrons. The van der Waals surface area contributed by atoms with Gasteiger partial charge in [0.05, 0.1) is 11.1 Å². The lowest BCUT2D eigenvalue weighted by molar-refractivity contribution is 0.0965. The van der Waals surface area contributed by atoms with Crippen molar-refractivity contribution in [1.29, 1.82) is 0 Å². The number of halogens is 1. The van der Waals surface area contributed by atoms with Crippen molar-refractivity contribution < 1.29 is 9.53 Å². The number of tetrazole rings is 1. The number of aromatic amines is 1. The summed E-state index contributed by atoms with van der Waals surface area (Å²) in [5.41, 5.74) is 0.610. The highest BCUT2D eigenvalue weighted by Gasteiger charge is 2.46. The molecule has 2 aliphatic rings. The molecule has 0 saturated heterocycles. The molecule has 0 amide bonds. The summed E-state index contributed by atoms with van der Waals surface area (Å²) >= 11 is 6.19. The van der Waals surface area contributed by atoms with Crippen molar-refractivity contribution in [2.45, 2.75) is 31.3 Å². The van der Waals surface area contributed by atoms with Gasteiger partial charge in [0.2, 0.25) is 0 Å². The quantitative estimate of drug-likeness (QED) is 0.858. The fraction of sp³-hybridized carbons (Fsp3) is 0.429. The number of ether oxygens (including phenoxy) is 1. The highest BCUT2D eigenvalue weighted by Crippen LogP contribution is 2.48. The minimum Gasteiger partial charge on any atom is -0.489 e. The third-order valence-corrected chi connectivity index (χ3v) is 4.15. The molecule has 4 rings (SSSR count). The first kappa shape index (κ1) is 12.8. The van der Waals surface area contributed by atoms with Crippen LogP contribution in [0.4, 0.5) is 0 Å². The van der Waals surface area contributed by atoms with Gasteiger partial charge >= 0.3 is 0 Å². The molecular weight excluding hydrogens is 292 g/mol. The van der Waals surface area contributed by atoms with Gasteiger partial charge in [-0.1, -0.05) is 16.8 Å². The minimum absolute atomic E-state index is 0.0671. The van der Waals surface area contributed by atoms with Gasteiger partial charge in [0.15, 0.2) is 11.6 Å². The Morgan fingerprint density at radius 3 is 2.90 bits per heavy atom. The van der Waals surface area contributed by atoms with E-state index in [2.05, 4.69) is 20.6 Å². The van der Waals surface area contributed by atoms with Crippen LogP contribution in [-0.2, 0) is 0 Å². The summed E-state index contributed by atoms with van der Waals surface area (Å²) in [5, 5.41) is 14.3. The monoisotopic (exact) mass is 304 g/mol. The number of aromatic nitrogens is 4. The Labute approximate surface area is 125 Å². The number of carbonyl (C=O) groups is 1. The molecule has 7 heteroatoms. The van der Waals surface area contributed by atoms with E-state index in [9.17, 15) is 4.79 Å². The van der Waals surface area contributed by atoms with Gasteiger partial charge in [-0.2, -0.15) is 5.21 Å². The van der Waals surface area contributed by atoms with Crippen LogP contribution >= 0.6 is 11.6 Å². The summed E-state index contributed by atoms with van der Waals surface area (Å²) in [5.74, 6) is 1.32. The zero-order valence-corrected chi connectivity index (χ0v) is 11.9. The van der Waals surface area contributed by atoms with Crippen LogP contribution in [0.3, 0.4) is 0 Å². The van der Waals surface area contributed by atoms with E-state index >= 15 is 0 Å². The van der Waals surface area contributed by atoms with Crippen LogP contribution < -0.4 is 4.74 Å². The smallest absolute Gasteiger partial charge is 0.178 e. The highest BCUT2D eigenvalue weighted by atomic mass is 35.5. The topological polar surface area (TPSA) is 80.8 Å². The van der Waals surface area contributed by atoms with Gasteiger partial charge in [-0.15, -0.1) is 10.2 Å². The zero-order valence-electron chi connectivity index (χ0n) is 11.1. The van der Waals surface area contributed by atoms with Crippen molar-refractivity contribution in [3.63, 3.8) is 0 Å². The molecule has 108 valence electrons. The molecule has 2 saturated carbocycles. The van der Waals surface area contributed by atoms with E-state index in [0.717, 1.165) is 19.3 Å². The van der Waals surface area contributed by atoms with Crippen molar-refractivity contribution in [1.82, 2.24) is 20.6 Å². The minimum atomic E-state index is -0.0751. The maximum absolute atomic E-state index is 12.4. The van der Waals surface area contributed by atoms with E-state index < -0.39 is 0 Å². The maximum Gasteiger partial charge on any atom is 0.178 e. The first-order valence-corrected chi connectivity index (χ1v) is 7.34. The molecule has 2 atom stereocenters. The van der Waals surface area contributed by atoms with E-state index in [1.807, 2.05) is 0 Å². The summed E-state index contributed by atoms with van der Waals surface area (Å²) in [6.07, 6.45) is 3.20. The van der Waals surface area contributed by atoms with Gasteiger partial charge in [0.1, 0.15) is 5.75 Å². The van der Waals surface area contributed by atoms with Gasteiger partial charge in [0, 0.05) is 17.4 Å². The number of hydrogen-bond acceptors (Lipinski definition) is 5. The Morgan fingerprint density at radius 1 is 1.38 bits per heavy atom. The number of benzene rings is 1. The molecular formula is C14H13ClN4O2. The van der Waals surface area contributed by atoms with E-state index in [0.29, 0.717) is 22.2 Å². The largest absolute Gasteiger partial charge is 0.489 e. The molecule has 0 aliphatic heterocycles. The Hall–Kier alpha value is -1.95. The Kier molecular flexibility index (Phi) is 2.92. The lowest BCUT2D eigenvalue weighted by Crippen LogP contribution is -2.04. The molecule has 2 fully saturated rings. The van der Waals surface area contributed by atoms with Crippen LogP contribution in [-0.4, -0.2) is 32.5 Å². The predicted octanol–water partition coefficient (Wildman–Crippen LogP) is 2.38. The van der Waals surface area contributed by atoms with E-state index in [1.165, 1.54) is 0 Å². The number of rotatable bonds is 5. The fourth-order valence-electron chi connectivity index (χ4n) is 2.43. The van der Waals surface area contributed by atoms with Crippen LogP contribution in [0.2, 0.25) is 5.02 Å². The lowest BCUT2D eigenvalue weighted by atomic mass is 10.1. The van der Waals surface area contributed by atoms with Gasteiger partial charge in [-0.25, -0.2) is 0 Å². The summed E-state index contributed by atoms with van der Waals surface area (Å²) in [6.45, 7) is 0. The first-order valence-electron chi connectivity index (χ1n) is 6.96. The second-order valence-electron chi connectivity index (χ2n) is 5.55. The molecule has 2 aromatic rings. The highest BCUT2D eigenvalue weighted by molar-refractivity contribution is 6.32. The van der Waals surface area contributed by atoms with E-state index in [4.69, 9.17) is 16.3 Å². The SMILES string of the molecule is O=C(c1ccc(OC2CC2)c(Cl)c1)C1CC1c1nn[nH]n1. The van der Waals surface area contributed by atoms with Crippen LogP contribution in [0.25, 0.3) is 0 Å². The zero-order chi connectivity index (χ0) is 14.4. The number of Topliss-reactive ketones (excluding diaryl/α,β-unsaturated/α-hetero) is 1. The lowest BCUT2D eigenvalue weighted by Gasteiger charge is -2.08. The third kappa shape index (κ3) is 2.51. The van der Waals surface area contributed by atoms with E-state index in [1.54, 1.807) is 18.2 Å². The van der Waals surface area contributed by atoms with Gasteiger partial charge in [-0.3, -0.25) is 4.79 Å². The molecule has 1 aromatic carbocycles. The van der Waals surface area contributed by atoms with Crippen molar-refractivity contribution in [3.05, 3.63) is 34.6 Å². The van der Waals surface area contributed by atoms with E-state index in [-0.39, 0.29) is 23.7 Å². The number of nitrogens with one attached hydrogen (secondary N) is 1. The van der Waals surface area contributed by atoms with Gasteiger partial charge in [-0.05, 0) is 37.5 Å². The van der Waals surface area contributed by atoms with Crippen molar-refractivity contribution >= 4 is 17.4 Å². The molecule has 2 unspecified atom stereocenters. The molecule has 6 nitrogen and oxygen atoms in total. The van der Waals surface area contributed by atoms with Crippen molar-refractivity contribution in [3.8, 4) is 5.75 Å². The molecule has 2 aliphatic carbocycles. The normalized spacial score (nSPS) is 23.9. The first-order chi connectivity index (χ1) is 10.2. The number of ketones is 1. The summed E-state index contributed by atoms with van der Waals surface area (Å²) in [4.78, 5) is 12.4. The average Bonchev–Trinajstić information content (AvgIpc) is 3.41. The van der Waals surface area contributed by atoms with Crippen LogP contribution in [0.5, 0.6) is 5.75 Å². The summed E-state index contributed by atoms with van der Waals surface area (Å²) in [6, 6.07) is 5.24. The fourth-order valence-corrected chi connectivity index (χ4v) is 2.65. The molecule has 1 heterocycles. The third-order valence-electron chi connectivity index (χ3n) is 3.85. The second kappa shape index (κ2) is 4.80. The van der Waals surface area contributed by atoms with Crippen LogP contribution in [0, 0.1) is 5.92 Å². The molecule has 21 heavy (non-hydrogen) atoms. The Balaban J connectivity index is 1.48. The summed E-state index contributed by atoms with van der Waals surface area (Å²) in [7, 11) is 0. The van der Waals surface area contributed by atoms with Crippen LogP contribution in [0.15, 0.2) is 18.2 Å². The van der Waals surface area contributed by atoms with Crippen molar-refractivity contribution in [2.75, 3.05) is 0 Å². The second-order valence-corrected chi connectivity index (χ2v) is 5.95. The van der Waals surface area contributed by atoms with Gasteiger partial charge in [0.25, 0.3) is 0 Å². The predicted molar refractivity (Wildman–Crippen MR) is 74.5 cm³/mol. The van der Waals surface area contributed by atoms with Crippen molar-refractivity contribution in [2.24, 2.45) is 5.92 Å². The number of carbonyl (C=O) groups excluding carboxylic acids is 1. The molecule has 0 spiro atoms.